The van der Waals surface area contributed by atoms with Crippen LogP contribution in [0.4, 0.5) is 5.82 Å². The maximum atomic E-state index is 11.7. The third-order valence-electron chi connectivity index (χ3n) is 2.19. The van der Waals surface area contributed by atoms with Crippen molar-refractivity contribution in [3.05, 3.63) is 22.7 Å². The summed E-state index contributed by atoms with van der Waals surface area (Å²) in [5.41, 5.74) is -0.345. The highest BCUT2D eigenvalue weighted by molar-refractivity contribution is 6.17. The highest BCUT2D eigenvalue weighted by atomic mass is 35.5. The van der Waals surface area contributed by atoms with Crippen LogP contribution in [-0.2, 0) is 7.05 Å². The number of halogens is 1. The number of alkyl halides is 1. The van der Waals surface area contributed by atoms with Crippen LogP contribution < -0.4 is 10.9 Å². The molecule has 5 heteroatoms. The second-order valence-corrected chi connectivity index (χ2v) is 4.52. The summed E-state index contributed by atoms with van der Waals surface area (Å²) in [5.74, 6) is 0.919. The summed E-state index contributed by atoms with van der Waals surface area (Å²) in [6.07, 6.45) is 4.00. The Kier molecular flexibility index (Phi) is 3.74. The van der Waals surface area contributed by atoms with E-state index < -0.39 is 0 Å². The fourth-order valence-electron chi connectivity index (χ4n) is 1.20. The number of rotatable bonds is 4. The van der Waals surface area contributed by atoms with E-state index in [0.717, 1.165) is 6.42 Å². The van der Waals surface area contributed by atoms with Crippen molar-refractivity contribution in [2.75, 3.05) is 11.2 Å². The molecule has 0 radical (unpaired) electrons. The molecule has 0 saturated carbocycles. The number of aryl methyl sites for hydroxylation is 1. The summed E-state index contributed by atoms with van der Waals surface area (Å²) in [7, 11) is 1.70. The van der Waals surface area contributed by atoms with E-state index in [2.05, 4.69) is 10.3 Å². The molecule has 0 fully saturated rings. The maximum absolute atomic E-state index is 11.7. The van der Waals surface area contributed by atoms with Crippen LogP contribution in [0.3, 0.4) is 0 Å². The van der Waals surface area contributed by atoms with Crippen molar-refractivity contribution in [3.8, 4) is 0 Å². The molecular weight excluding hydrogens is 214 g/mol. The monoisotopic (exact) mass is 229 g/mol. The van der Waals surface area contributed by atoms with Gasteiger partial charge in [0.05, 0.1) is 0 Å². The maximum Gasteiger partial charge on any atom is 0.293 e. The normalized spacial score (nSPS) is 11.5. The van der Waals surface area contributed by atoms with Crippen molar-refractivity contribution in [1.82, 2.24) is 9.55 Å². The number of aromatic nitrogens is 2. The molecule has 0 saturated heterocycles. The smallest absolute Gasteiger partial charge is 0.293 e. The fraction of sp³-hybridized carbons (Fsp3) is 0.600. The first kappa shape index (κ1) is 12.0. The van der Waals surface area contributed by atoms with E-state index in [1.165, 1.54) is 4.57 Å². The SMILES string of the molecule is Cn1ccnc(NC(C)(C)CCCl)c1=O. The predicted octanol–water partition coefficient (Wildman–Crippen LogP) is 1.60. The zero-order valence-electron chi connectivity index (χ0n) is 9.25. The lowest BCUT2D eigenvalue weighted by Gasteiger charge is -2.25. The van der Waals surface area contributed by atoms with E-state index in [4.69, 9.17) is 11.6 Å². The van der Waals surface area contributed by atoms with Crippen LogP contribution in [0.5, 0.6) is 0 Å². The Labute approximate surface area is 94.3 Å². The van der Waals surface area contributed by atoms with E-state index in [0.29, 0.717) is 11.7 Å². The molecule has 0 unspecified atom stereocenters. The Morgan fingerprint density at radius 2 is 2.27 bits per heavy atom. The number of anilines is 1. The third kappa shape index (κ3) is 3.23. The minimum absolute atomic E-state index is 0.125. The van der Waals surface area contributed by atoms with Gasteiger partial charge in [-0.3, -0.25) is 4.79 Å². The molecule has 0 aliphatic heterocycles. The van der Waals surface area contributed by atoms with E-state index in [1.54, 1.807) is 19.4 Å². The van der Waals surface area contributed by atoms with Crippen LogP contribution in [0, 0.1) is 0 Å². The van der Waals surface area contributed by atoms with Crippen LogP contribution in [0.2, 0.25) is 0 Å². The van der Waals surface area contributed by atoms with E-state index in [-0.39, 0.29) is 11.1 Å². The minimum Gasteiger partial charge on any atom is -0.361 e. The molecule has 84 valence electrons. The van der Waals surface area contributed by atoms with Crippen molar-refractivity contribution < 1.29 is 0 Å². The largest absolute Gasteiger partial charge is 0.361 e. The second kappa shape index (κ2) is 4.66. The van der Waals surface area contributed by atoms with Gasteiger partial charge in [0.2, 0.25) is 0 Å². The molecule has 0 aliphatic carbocycles. The molecule has 0 aliphatic rings. The van der Waals surface area contributed by atoms with Gasteiger partial charge in [-0.15, -0.1) is 11.6 Å². The van der Waals surface area contributed by atoms with Crippen LogP contribution >= 0.6 is 11.6 Å². The zero-order chi connectivity index (χ0) is 11.5. The van der Waals surface area contributed by atoms with Gasteiger partial charge >= 0.3 is 0 Å². The summed E-state index contributed by atoms with van der Waals surface area (Å²) in [5, 5.41) is 3.10. The summed E-state index contributed by atoms with van der Waals surface area (Å²) < 4.78 is 1.49. The van der Waals surface area contributed by atoms with Gasteiger partial charge in [0.1, 0.15) is 0 Å². The van der Waals surface area contributed by atoms with Crippen LogP contribution in [0.25, 0.3) is 0 Å². The number of hydrogen-bond donors (Lipinski definition) is 1. The molecule has 0 aromatic carbocycles. The molecule has 0 bridgehead atoms. The first-order valence-electron chi connectivity index (χ1n) is 4.82. The second-order valence-electron chi connectivity index (χ2n) is 4.14. The fourth-order valence-corrected chi connectivity index (χ4v) is 1.68. The third-order valence-corrected chi connectivity index (χ3v) is 2.38. The highest BCUT2D eigenvalue weighted by Crippen LogP contribution is 2.14. The van der Waals surface area contributed by atoms with Gasteiger partial charge < -0.3 is 9.88 Å². The van der Waals surface area contributed by atoms with Crippen molar-refractivity contribution >= 4 is 17.4 Å². The predicted molar refractivity (Wildman–Crippen MR) is 62.5 cm³/mol. The first-order chi connectivity index (χ1) is 6.96. The molecule has 1 aromatic rings. The quantitative estimate of drug-likeness (QED) is 0.798. The first-order valence-corrected chi connectivity index (χ1v) is 5.35. The summed E-state index contributed by atoms with van der Waals surface area (Å²) >= 11 is 5.68. The van der Waals surface area contributed by atoms with Crippen molar-refractivity contribution in [1.29, 1.82) is 0 Å². The molecule has 1 heterocycles. The lowest BCUT2D eigenvalue weighted by atomic mass is 10.0. The van der Waals surface area contributed by atoms with Crippen LogP contribution in [0.15, 0.2) is 17.2 Å². The molecular formula is C10H16ClN3O. The molecule has 0 spiro atoms. The van der Waals surface area contributed by atoms with E-state index in [9.17, 15) is 4.79 Å². The molecule has 1 aromatic heterocycles. The van der Waals surface area contributed by atoms with E-state index in [1.807, 2.05) is 13.8 Å². The standard InChI is InChI=1S/C10H16ClN3O/c1-10(2,4-5-11)13-8-9(15)14(3)7-6-12-8/h6-7H,4-5H2,1-3H3,(H,12,13). The average molecular weight is 230 g/mol. The van der Waals surface area contributed by atoms with Gasteiger partial charge in [-0.05, 0) is 20.3 Å². The van der Waals surface area contributed by atoms with Crippen LogP contribution in [-0.4, -0.2) is 21.0 Å². The highest BCUT2D eigenvalue weighted by Gasteiger charge is 2.18. The summed E-state index contributed by atoms with van der Waals surface area (Å²) in [4.78, 5) is 15.7. The van der Waals surface area contributed by atoms with Gasteiger partial charge in [0.15, 0.2) is 5.82 Å². The molecule has 0 amide bonds. The lowest BCUT2D eigenvalue weighted by molar-refractivity contribution is 0.545. The number of hydrogen-bond acceptors (Lipinski definition) is 3. The number of nitrogens with zero attached hydrogens (tertiary/aromatic N) is 2. The van der Waals surface area contributed by atoms with Gasteiger partial charge in [0.25, 0.3) is 5.56 Å². The number of nitrogens with one attached hydrogen (secondary N) is 1. The van der Waals surface area contributed by atoms with Gasteiger partial charge in [-0.1, -0.05) is 0 Å². The van der Waals surface area contributed by atoms with Crippen molar-refractivity contribution in [2.45, 2.75) is 25.8 Å². The lowest BCUT2D eigenvalue weighted by Crippen LogP contribution is -2.35. The molecule has 4 nitrogen and oxygen atoms in total. The average Bonchev–Trinajstić information content (AvgIpc) is 2.12. The topological polar surface area (TPSA) is 46.9 Å². The van der Waals surface area contributed by atoms with Crippen molar-refractivity contribution in [3.63, 3.8) is 0 Å². The minimum atomic E-state index is -0.220. The van der Waals surface area contributed by atoms with Crippen LogP contribution in [0.1, 0.15) is 20.3 Å². The Morgan fingerprint density at radius 3 is 2.87 bits per heavy atom. The van der Waals surface area contributed by atoms with Gasteiger partial charge in [-0.2, -0.15) is 0 Å². The van der Waals surface area contributed by atoms with E-state index >= 15 is 0 Å². The Morgan fingerprint density at radius 1 is 1.60 bits per heavy atom. The van der Waals surface area contributed by atoms with Gasteiger partial charge in [-0.25, -0.2) is 4.98 Å². The molecule has 15 heavy (non-hydrogen) atoms. The van der Waals surface area contributed by atoms with Crippen molar-refractivity contribution in [2.24, 2.45) is 7.05 Å². The Bertz CT molecular complexity index is 386. The molecule has 1 rings (SSSR count). The molecule has 0 atom stereocenters. The summed E-state index contributed by atoms with van der Waals surface area (Å²) in [6.45, 7) is 3.98. The molecule has 1 N–H and O–H groups in total. The van der Waals surface area contributed by atoms with Gasteiger partial charge in [0, 0.05) is 30.9 Å². The Hall–Kier alpha value is -1.03. The zero-order valence-corrected chi connectivity index (χ0v) is 10.0. The summed E-state index contributed by atoms with van der Waals surface area (Å²) in [6, 6.07) is 0. The Balaban J connectivity index is 2.90.